The van der Waals surface area contributed by atoms with Gasteiger partial charge in [0.05, 0.1) is 5.01 Å². The Morgan fingerprint density at radius 3 is 3.00 bits per heavy atom. The van der Waals surface area contributed by atoms with Gasteiger partial charge in [0.1, 0.15) is 0 Å². The molecule has 0 spiro atoms. The minimum Gasteiger partial charge on any atom is -0.384 e. The van der Waals surface area contributed by atoms with E-state index in [1.54, 1.807) is 11.3 Å². The van der Waals surface area contributed by atoms with E-state index in [2.05, 4.69) is 17.2 Å². The lowest BCUT2D eigenvalue weighted by Crippen LogP contribution is -2.05. The summed E-state index contributed by atoms with van der Waals surface area (Å²) in [7, 11) is 0. The van der Waals surface area contributed by atoms with Crippen molar-refractivity contribution in [2.45, 2.75) is 13.3 Å². The van der Waals surface area contributed by atoms with Crippen LogP contribution in [0.3, 0.4) is 0 Å². The van der Waals surface area contributed by atoms with Crippen LogP contribution in [0.5, 0.6) is 0 Å². The van der Waals surface area contributed by atoms with Crippen molar-refractivity contribution in [3.05, 3.63) is 45.4 Å². The van der Waals surface area contributed by atoms with E-state index >= 15 is 0 Å². The van der Waals surface area contributed by atoms with Crippen LogP contribution in [0.4, 0.5) is 5.69 Å². The fourth-order valence-electron chi connectivity index (χ4n) is 1.51. The van der Waals surface area contributed by atoms with Gasteiger partial charge in [0.25, 0.3) is 0 Å². The van der Waals surface area contributed by atoms with Crippen LogP contribution in [0.15, 0.2) is 29.8 Å². The highest BCUT2D eigenvalue weighted by atomic mass is 35.5. The van der Waals surface area contributed by atoms with Crippen LogP contribution in [0.2, 0.25) is 5.02 Å². The topological polar surface area (TPSA) is 24.9 Å². The molecule has 4 heteroatoms. The summed E-state index contributed by atoms with van der Waals surface area (Å²) in [4.78, 5) is 4.24. The Bertz CT molecular complexity index is 454. The van der Waals surface area contributed by atoms with Gasteiger partial charge in [-0.15, -0.1) is 11.3 Å². The zero-order valence-electron chi connectivity index (χ0n) is 9.03. The Morgan fingerprint density at radius 1 is 1.44 bits per heavy atom. The van der Waals surface area contributed by atoms with Crippen molar-refractivity contribution in [2.75, 3.05) is 11.9 Å². The number of halogens is 1. The van der Waals surface area contributed by atoms with Gasteiger partial charge >= 0.3 is 0 Å². The zero-order chi connectivity index (χ0) is 11.4. The van der Waals surface area contributed by atoms with Gasteiger partial charge in [0.2, 0.25) is 0 Å². The molecule has 0 unspecified atom stereocenters. The smallest absolute Gasteiger partial charge is 0.0942 e. The van der Waals surface area contributed by atoms with E-state index in [1.807, 2.05) is 29.8 Å². The fraction of sp³-hybridized carbons (Fsp3) is 0.250. The highest BCUT2D eigenvalue weighted by Crippen LogP contribution is 2.19. The molecule has 1 aromatic carbocycles. The number of aromatic nitrogens is 1. The molecular formula is C12H13ClN2S. The number of hydrogen-bond donors (Lipinski definition) is 1. The Labute approximate surface area is 104 Å². The summed E-state index contributed by atoms with van der Waals surface area (Å²) in [6.07, 6.45) is 2.80. The molecule has 0 radical (unpaired) electrons. The van der Waals surface area contributed by atoms with Crippen LogP contribution < -0.4 is 5.32 Å². The molecule has 0 atom stereocenters. The Kier molecular flexibility index (Phi) is 3.80. The minimum atomic E-state index is 0.781. The van der Waals surface area contributed by atoms with E-state index in [-0.39, 0.29) is 0 Å². The average molecular weight is 253 g/mol. The van der Waals surface area contributed by atoms with Crippen LogP contribution in [0.1, 0.15) is 10.6 Å². The first-order valence-corrected chi connectivity index (χ1v) is 6.40. The van der Waals surface area contributed by atoms with Gasteiger partial charge in [-0.05, 0) is 30.7 Å². The minimum absolute atomic E-state index is 0.781. The normalized spacial score (nSPS) is 10.4. The summed E-state index contributed by atoms with van der Waals surface area (Å²) in [6.45, 7) is 2.95. The zero-order valence-corrected chi connectivity index (χ0v) is 10.6. The van der Waals surface area contributed by atoms with Crippen molar-refractivity contribution in [3.63, 3.8) is 0 Å². The largest absolute Gasteiger partial charge is 0.384 e. The first kappa shape index (κ1) is 11.4. The molecule has 2 aromatic rings. The second kappa shape index (κ2) is 5.32. The highest BCUT2D eigenvalue weighted by Gasteiger charge is 1.99. The number of anilines is 1. The third-order valence-electron chi connectivity index (χ3n) is 2.33. The number of nitrogens with one attached hydrogen (secondary N) is 1. The SMILES string of the molecule is Cc1cc(Cl)ccc1NCCc1nccs1. The summed E-state index contributed by atoms with van der Waals surface area (Å²) < 4.78 is 0. The molecule has 0 saturated carbocycles. The molecule has 1 N–H and O–H groups in total. The first-order chi connectivity index (χ1) is 7.75. The van der Waals surface area contributed by atoms with Crippen molar-refractivity contribution in [1.29, 1.82) is 0 Å². The maximum absolute atomic E-state index is 5.90. The van der Waals surface area contributed by atoms with E-state index in [0.29, 0.717) is 0 Å². The molecule has 0 aliphatic rings. The molecule has 0 aliphatic heterocycles. The van der Waals surface area contributed by atoms with E-state index < -0.39 is 0 Å². The van der Waals surface area contributed by atoms with Gasteiger partial charge < -0.3 is 5.32 Å². The predicted octanol–water partition coefficient (Wildman–Crippen LogP) is 3.76. The number of benzene rings is 1. The highest BCUT2D eigenvalue weighted by molar-refractivity contribution is 7.09. The Hall–Kier alpha value is -1.06. The van der Waals surface area contributed by atoms with Crippen molar-refractivity contribution >= 4 is 28.6 Å². The quantitative estimate of drug-likeness (QED) is 0.896. The average Bonchev–Trinajstić information content (AvgIpc) is 2.74. The van der Waals surface area contributed by atoms with E-state index in [9.17, 15) is 0 Å². The number of rotatable bonds is 4. The summed E-state index contributed by atoms with van der Waals surface area (Å²) in [6, 6.07) is 5.88. The van der Waals surface area contributed by atoms with Crippen molar-refractivity contribution < 1.29 is 0 Å². The second-order valence-corrected chi connectivity index (χ2v) is 4.98. The van der Waals surface area contributed by atoms with Crippen LogP contribution in [0, 0.1) is 6.92 Å². The van der Waals surface area contributed by atoms with Crippen LogP contribution in [0.25, 0.3) is 0 Å². The van der Waals surface area contributed by atoms with Crippen LogP contribution >= 0.6 is 22.9 Å². The molecule has 1 aromatic heterocycles. The van der Waals surface area contributed by atoms with Crippen LogP contribution in [-0.2, 0) is 6.42 Å². The predicted molar refractivity (Wildman–Crippen MR) is 70.5 cm³/mol. The lowest BCUT2D eigenvalue weighted by molar-refractivity contribution is 0.996. The van der Waals surface area contributed by atoms with Gasteiger partial charge in [-0.2, -0.15) is 0 Å². The molecule has 2 nitrogen and oxygen atoms in total. The molecule has 0 bridgehead atoms. The Morgan fingerprint density at radius 2 is 2.31 bits per heavy atom. The monoisotopic (exact) mass is 252 g/mol. The van der Waals surface area contributed by atoms with Crippen molar-refractivity contribution in [3.8, 4) is 0 Å². The molecule has 84 valence electrons. The summed E-state index contributed by atoms with van der Waals surface area (Å²) in [5.41, 5.74) is 2.31. The summed E-state index contributed by atoms with van der Waals surface area (Å²) in [5.74, 6) is 0. The maximum atomic E-state index is 5.90. The first-order valence-electron chi connectivity index (χ1n) is 5.14. The fourth-order valence-corrected chi connectivity index (χ4v) is 2.35. The van der Waals surface area contributed by atoms with E-state index in [0.717, 1.165) is 23.7 Å². The number of aryl methyl sites for hydroxylation is 1. The third kappa shape index (κ3) is 2.97. The molecular weight excluding hydrogens is 240 g/mol. The maximum Gasteiger partial charge on any atom is 0.0942 e. The van der Waals surface area contributed by atoms with Gasteiger partial charge in [0, 0.05) is 35.3 Å². The Balaban J connectivity index is 1.90. The standard InChI is InChI=1S/C12H13ClN2S/c1-9-8-10(13)2-3-11(9)14-5-4-12-15-6-7-16-12/h2-3,6-8,14H,4-5H2,1H3. The van der Waals surface area contributed by atoms with Crippen LogP contribution in [-0.4, -0.2) is 11.5 Å². The number of nitrogens with zero attached hydrogens (tertiary/aromatic N) is 1. The molecule has 0 amide bonds. The molecule has 0 fully saturated rings. The lowest BCUT2D eigenvalue weighted by atomic mass is 10.2. The second-order valence-electron chi connectivity index (χ2n) is 3.56. The van der Waals surface area contributed by atoms with E-state index in [1.165, 1.54) is 10.6 Å². The molecule has 0 aliphatic carbocycles. The van der Waals surface area contributed by atoms with E-state index in [4.69, 9.17) is 11.6 Å². The van der Waals surface area contributed by atoms with Crippen molar-refractivity contribution in [1.82, 2.24) is 4.98 Å². The lowest BCUT2D eigenvalue weighted by Gasteiger charge is -2.08. The number of thiazole rings is 1. The van der Waals surface area contributed by atoms with Gasteiger partial charge in [0.15, 0.2) is 0 Å². The summed E-state index contributed by atoms with van der Waals surface area (Å²) in [5, 5.41) is 7.34. The summed E-state index contributed by atoms with van der Waals surface area (Å²) >= 11 is 7.59. The third-order valence-corrected chi connectivity index (χ3v) is 3.40. The molecule has 2 rings (SSSR count). The van der Waals surface area contributed by atoms with Gasteiger partial charge in [-0.1, -0.05) is 11.6 Å². The van der Waals surface area contributed by atoms with Crippen molar-refractivity contribution in [2.24, 2.45) is 0 Å². The van der Waals surface area contributed by atoms with Gasteiger partial charge in [-0.25, -0.2) is 4.98 Å². The molecule has 1 heterocycles. The van der Waals surface area contributed by atoms with Gasteiger partial charge in [-0.3, -0.25) is 0 Å². The molecule has 0 saturated heterocycles. The molecule has 16 heavy (non-hydrogen) atoms. The number of hydrogen-bond acceptors (Lipinski definition) is 3.